The van der Waals surface area contributed by atoms with E-state index in [-0.39, 0.29) is 11.2 Å². The lowest BCUT2D eigenvalue weighted by atomic mass is 9.89. The van der Waals surface area contributed by atoms with Gasteiger partial charge in [-0.2, -0.15) is 0 Å². The van der Waals surface area contributed by atoms with E-state index >= 15 is 0 Å². The Kier molecular flexibility index (Phi) is 5.54. The molecule has 0 aliphatic carbocycles. The van der Waals surface area contributed by atoms with Crippen molar-refractivity contribution in [3.8, 4) is 0 Å². The Bertz CT molecular complexity index is 520. The maximum atomic E-state index is 12.3. The van der Waals surface area contributed by atoms with E-state index in [2.05, 4.69) is 27.0 Å². The number of aryl methyl sites for hydroxylation is 1. The molecular formula is C16H26ClN5O. The maximum absolute atomic E-state index is 12.3. The summed E-state index contributed by atoms with van der Waals surface area (Å²) in [5.41, 5.74) is 0. The number of hydrogen-bond donors (Lipinski definition) is 1. The topological polar surface area (TPSA) is 65.1 Å². The van der Waals surface area contributed by atoms with Crippen molar-refractivity contribution in [3.05, 3.63) is 11.1 Å². The van der Waals surface area contributed by atoms with Crippen LogP contribution in [0.1, 0.15) is 44.9 Å². The summed E-state index contributed by atoms with van der Waals surface area (Å²) in [6, 6.07) is 0.658. The van der Waals surface area contributed by atoms with Crippen LogP contribution in [0.3, 0.4) is 0 Å². The molecule has 2 aliphatic heterocycles. The van der Waals surface area contributed by atoms with E-state index in [4.69, 9.17) is 11.6 Å². The fraction of sp³-hybridized carbons (Fsp3) is 0.812. The highest BCUT2D eigenvalue weighted by Gasteiger charge is 2.30. The zero-order valence-electron chi connectivity index (χ0n) is 13.8. The molecule has 2 aliphatic rings. The molecule has 128 valence electrons. The number of likely N-dealkylation sites (tertiary alicyclic amines) is 2. The first-order valence-corrected chi connectivity index (χ1v) is 9.10. The summed E-state index contributed by atoms with van der Waals surface area (Å²) in [5, 5.41) is 6.73. The number of H-pyrrole nitrogens is 1. The Labute approximate surface area is 142 Å². The second-order valence-electron chi connectivity index (χ2n) is 6.75. The van der Waals surface area contributed by atoms with Crippen LogP contribution in [0.5, 0.6) is 0 Å². The van der Waals surface area contributed by atoms with Gasteiger partial charge in [-0.15, -0.1) is 5.10 Å². The molecular weight excluding hydrogens is 314 g/mol. The lowest BCUT2D eigenvalue weighted by molar-refractivity contribution is -0.132. The Morgan fingerprint density at radius 1 is 1.30 bits per heavy atom. The molecule has 1 aromatic rings. The smallest absolute Gasteiger partial charge is 0.242 e. The molecule has 1 unspecified atom stereocenters. The minimum absolute atomic E-state index is 0.212. The fourth-order valence-electron chi connectivity index (χ4n) is 3.85. The highest BCUT2D eigenvalue weighted by atomic mass is 35.5. The number of nitrogens with zero attached hydrogens (tertiary/aromatic N) is 4. The Morgan fingerprint density at radius 3 is 2.61 bits per heavy atom. The number of halogens is 1. The normalized spacial score (nSPS) is 21.7. The summed E-state index contributed by atoms with van der Waals surface area (Å²) in [6.45, 7) is 6.64. The molecule has 1 N–H and O–H groups in total. The molecule has 23 heavy (non-hydrogen) atoms. The van der Waals surface area contributed by atoms with Crippen molar-refractivity contribution in [2.24, 2.45) is 5.92 Å². The third-order valence-corrected chi connectivity index (χ3v) is 5.54. The maximum Gasteiger partial charge on any atom is 0.242 e. The minimum atomic E-state index is 0.212. The van der Waals surface area contributed by atoms with Crippen molar-refractivity contribution in [1.82, 2.24) is 25.0 Å². The summed E-state index contributed by atoms with van der Waals surface area (Å²) in [4.78, 5) is 21.0. The average molecular weight is 340 g/mol. The van der Waals surface area contributed by atoms with Gasteiger partial charge in [0.05, 0.1) is 0 Å². The third-order valence-electron chi connectivity index (χ3n) is 5.37. The van der Waals surface area contributed by atoms with E-state index in [1.165, 1.54) is 25.9 Å². The molecule has 2 saturated heterocycles. The monoisotopic (exact) mass is 339 g/mol. The number of hydrogen-bond acceptors (Lipinski definition) is 4. The van der Waals surface area contributed by atoms with Gasteiger partial charge < -0.3 is 9.80 Å². The number of carbonyl (C=O) groups excluding carboxylic acids is 1. The van der Waals surface area contributed by atoms with Gasteiger partial charge in [0.25, 0.3) is 0 Å². The number of nitrogens with one attached hydrogen (secondary N) is 1. The Hall–Kier alpha value is -1.14. The quantitative estimate of drug-likeness (QED) is 0.892. The van der Waals surface area contributed by atoms with E-state index in [9.17, 15) is 4.79 Å². The summed E-state index contributed by atoms with van der Waals surface area (Å²) in [5.74, 6) is 1.62. The second kappa shape index (κ2) is 7.62. The first kappa shape index (κ1) is 16.7. The van der Waals surface area contributed by atoms with Crippen molar-refractivity contribution in [3.63, 3.8) is 0 Å². The largest absolute Gasteiger partial charge is 0.343 e. The molecule has 2 fully saturated rings. The highest BCUT2D eigenvalue weighted by molar-refractivity contribution is 6.28. The van der Waals surface area contributed by atoms with Crippen LogP contribution in [0.2, 0.25) is 5.28 Å². The van der Waals surface area contributed by atoms with Gasteiger partial charge in [-0.25, -0.2) is 4.98 Å². The van der Waals surface area contributed by atoms with Crippen molar-refractivity contribution in [1.29, 1.82) is 0 Å². The molecule has 3 rings (SSSR count). The molecule has 1 amide bonds. The number of carbonyl (C=O) groups is 1. The summed E-state index contributed by atoms with van der Waals surface area (Å²) in [6.07, 6.45) is 5.97. The van der Waals surface area contributed by atoms with Crippen LogP contribution in [-0.4, -0.2) is 63.1 Å². The summed E-state index contributed by atoms with van der Waals surface area (Å²) < 4.78 is 0. The van der Waals surface area contributed by atoms with Gasteiger partial charge in [-0.1, -0.05) is 0 Å². The number of piperidine rings is 1. The van der Waals surface area contributed by atoms with Gasteiger partial charge in [-0.3, -0.25) is 9.89 Å². The predicted molar refractivity (Wildman–Crippen MR) is 89.3 cm³/mol. The molecule has 0 spiro atoms. The van der Waals surface area contributed by atoms with Crippen LogP contribution in [0, 0.1) is 5.92 Å². The molecule has 1 aromatic heterocycles. The van der Waals surface area contributed by atoms with Crippen molar-refractivity contribution < 1.29 is 4.79 Å². The third kappa shape index (κ3) is 4.23. The molecule has 7 heteroatoms. The minimum Gasteiger partial charge on any atom is -0.343 e. The summed E-state index contributed by atoms with van der Waals surface area (Å²) in [7, 11) is 0. The number of aromatic nitrogens is 3. The van der Waals surface area contributed by atoms with E-state index < -0.39 is 0 Å². The van der Waals surface area contributed by atoms with Crippen LogP contribution in [0.15, 0.2) is 0 Å². The average Bonchev–Trinajstić information content (AvgIpc) is 3.24. The lowest BCUT2D eigenvalue weighted by Crippen LogP contribution is -2.45. The molecule has 1 atom stereocenters. The number of aromatic amines is 1. The van der Waals surface area contributed by atoms with E-state index in [0.717, 1.165) is 31.8 Å². The molecule has 0 aromatic carbocycles. The standard InChI is InChI=1S/C16H26ClN5O/c1-12(21-8-2-3-9-21)13-6-10-22(11-7-13)15(23)5-4-14-18-16(17)20-19-14/h12-13H,2-11H2,1H3,(H,18,19,20). The molecule has 0 radical (unpaired) electrons. The number of amides is 1. The zero-order chi connectivity index (χ0) is 16.2. The van der Waals surface area contributed by atoms with Crippen LogP contribution < -0.4 is 0 Å². The molecule has 3 heterocycles. The van der Waals surface area contributed by atoms with E-state index in [1.807, 2.05) is 4.90 Å². The molecule has 0 saturated carbocycles. The van der Waals surface area contributed by atoms with Gasteiger partial charge in [0, 0.05) is 32.0 Å². The van der Waals surface area contributed by atoms with Gasteiger partial charge >= 0.3 is 0 Å². The van der Waals surface area contributed by atoms with Crippen LogP contribution in [-0.2, 0) is 11.2 Å². The van der Waals surface area contributed by atoms with Crippen LogP contribution in [0.25, 0.3) is 0 Å². The first-order chi connectivity index (χ1) is 11.1. The van der Waals surface area contributed by atoms with Gasteiger partial charge in [-0.05, 0) is 63.2 Å². The van der Waals surface area contributed by atoms with Crippen LogP contribution in [0.4, 0.5) is 0 Å². The number of rotatable bonds is 5. The zero-order valence-corrected chi connectivity index (χ0v) is 14.6. The van der Waals surface area contributed by atoms with Crippen LogP contribution >= 0.6 is 11.6 Å². The molecule has 0 bridgehead atoms. The van der Waals surface area contributed by atoms with E-state index in [0.29, 0.717) is 24.7 Å². The van der Waals surface area contributed by atoms with Gasteiger partial charge in [0.15, 0.2) is 0 Å². The second-order valence-corrected chi connectivity index (χ2v) is 7.09. The van der Waals surface area contributed by atoms with Gasteiger partial charge in [0.2, 0.25) is 11.2 Å². The molecule has 6 nitrogen and oxygen atoms in total. The van der Waals surface area contributed by atoms with Gasteiger partial charge in [0.1, 0.15) is 5.82 Å². The Morgan fingerprint density at radius 2 is 2.00 bits per heavy atom. The lowest BCUT2D eigenvalue weighted by Gasteiger charge is -2.38. The van der Waals surface area contributed by atoms with Crippen molar-refractivity contribution in [2.75, 3.05) is 26.2 Å². The first-order valence-electron chi connectivity index (χ1n) is 8.72. The Balaban J connectivity index is 1.41. The van der Waals surface area contributed by atoms with Crippen molar-refractivity contribution >= 4 is 17.5 Å². The predicted octanol–water partition coefficient (Wildman–Crippen LogP) is 2.11. The summed E-state index contributed by atoms with van der Waals surface area (Å²) >= 11 is 5.67. The van der Waals surface area contributed by atoms with E-state index in [1.54, 1.807) is 0 Å². The SMILES string of the molecule is CC(C1CCN(C(=O)CCc2nc(Cl)n[nH]2)CC1)N1CCCC1. The van der Waals surface area contributed by atoms with Crippen molar-refractivity contribution in [2.45, 2.75) is 51.5 Å². The fourth-order valence-corrected chi connectivity index (χ4v) is 3.99. The highest BCUT2D eigenvalue weighted by Crippen LogP contribution is 2.26.